The van der Waals surface area contributed by atoms with Crippen molar-refractivity contribution in [3.63, 3.8) is 0 Å². The summed E-state index contributed by atoms with van der Waals surface area (Å²) in [4.78, 5) is 10.0. The van der Waals surface area contributed by atoms with E-state index in [0.29, 0.717) is 0 Å². The molecule has 70 valence electrons. The lowest BCUT2D eigenvalue weighted by atomic mass is 10.0. The van der Waals surface area contributed by atoms with Gasteiger partial charge in [-0.3, -0.25) is 0 Å². The highest BCUT2D eigenvalue weighted by molar-refractivity contribution is 5.67. The van der Waals surface area contributed by atoms with Crippen LogP contribution < -0.4 is 0 Å². The number of aldehydes is 1. The summed E-state index contributed by atoms with van der Waals surface area (Å²) < 4.78 is 59.4. The summed E-state index contributed by atoms with van der Waals surface area (Å²) in [7, 11) is 0. The molecule has 6 heteroatoms. The fourth-order valence-corrected chi connectivity index (χ4v) is 1.07. The molecule has 0 bridgehead atoms. The molecule has 0 aromatic heterocycles. The van der Waals surface area contributed by atoms with Gasteiger partial charge in [0.2, 0.25) is 0 Å². The summed E-state index contributed by atoms with van der Waals surface area (Å²) in [5, 5.41) is 0. The van der Waals surface area contributed by atoms with E-state index < -0.39 is 30.4 Å². The van der Waals surface area contributed by atoms with Crippen molar-refractivity contribution >= 4 is 6.29 Å². The van der Waals surface area contributed by atoms with Crippen LogP contribution in [-0.4, -0.2) is 18.4 Å². The average Bonchev–Trinajstić information content (AvgIpc) is 2.30. The highest BCUT2D eigenvalue weighted by atomic mass is 19.4. The number of rotatable bonds is 2. The molecule has 0 saturated heterocycles. The van der Waals surface area contributed by atoms with Gasteiger partial charge in [-0.1, -0.05) is 0 Å². The molecule has 0 radical (unpaired) electrons. The molecular formula is C6H5F5O. The molecule has 0 aliphatic heterocycles. The van der Waals surface area contributed by atoms with Gasteiger partial charge in [0, 0.05) is 6.42 Å². The van der Waals surface area contributed by atoms with Crippen molar-refractivity contribution in [2.75, 3.05) is 0 Å². The van der Waals surface area contributed by atoms with E-state index in [2.05, 4.69) is 0 Å². The lowest BCUT2D eigenvalue weighted by Gasteiger charge is -2.11. The summed E-state index contributed by atoms with van der Waals surface area (Å²) >= 11 is 0. The molecule has 0 aromatic rings. The number of alkyl halides is 5. The highest BCUT2D eigenvalue weighted by Crippen LogP contribution is 2.63. The van der Waals surface area contributed by atoms with E-state index in [4.69, 9.17) is 0 Å². The maximum absolute atomic E-state index is 12.3. The molecule has 0 aromatic carbocycles. The second-order valence-electron chi connectivity index (χ2n) is 2.95. The van der Waals surface area contributed by atoms with Gasteiger partial charge in [0.25, 0.3) is 5.92 Å². The molecule has 0 N–H and O–H groups in total. The molecule has 1 unspecified atom stereocenters. The average molecular weight is 188 g/mol. The third-order valence-electron chi connectivity index (χ3n) is 1.88. The first-order chi connectivity index (χ1) is 5.22. The molecule has 0 amide bonds. The highest BCUT2D eigenvalue weighted by Gasteiger charge is 2.74. The minimum Gasteiger partial charge on any atom is -0.303 e. The van der Waals surface area contributed by atoms with Crippen LogP contribution in [0.2, 0.25) is 0 Å². The van der Waals surface area contributed by atoms with Crippen molar-refractivity contribution in [3.8, 4) is 0 Å². The SMILES string of the molecule is O=CC1(CC(F)(F)F)CC1(F)F. The van der Waals surface area contributed by atoms with Gasteiger partial charge in [-0.15, -0.1) is 0 Å². The van der Waals surface area contributed by atoms with Gasteiger partial charge in [-0.2, -0.15) is 13.2 Å². The molecule has 0 spiro atoms. The second kappa shape index (κ2) is 2.17. The van der Waals surface area contributed by atoms with Gasteiger partial charge in [-0.25, -0.2) is 8.78 Å². The molecule has 1 nitrogen and oxygen atoms in total. The third-order valence-corrected chi connectivity index (χ3v) is 1.88. The first-order valence-electron chi connectivity index (χ1n) is 3.13. The zero-order chi connectivity index (χ0) is 9.62. The van der Waals surface area contributed by atoms with Gasteiger partial charge in [0.05, 0.1) is 6.42 Å². The van der Waals surface area contributed by atoms with Crippen LogP contribution >= 0.6 is 0 Å². The Kier molecular flexibility index (Phi) is 1.70. The Balaban J connectivity index is 2.69. The first-order valence-corrected chi connectivity index (χ1v) is 3.13. The quantitative estimate of drug-likeness (QED) is 0.479. The van der Waals surface area contributed by atoms with Crippen molar-refractivity contribution in [2.45, 2.75) is 24.9 Å². The Morgan fingerprint density at radius 1 is 1.33 bits per heavy atom. The predicted octanol–water partition coefficient (Wildman–Crippen LogP) is 2.16. The van der Waals surface area contributed by atoms with E-state index >= 15 is 0 Å². The lowest BCUT2D eigenvalue weighted by molar-refractivity contribution is -0.159. The minimum absolute atomic E-state index is 0.291. The Morgan fingerprint density at radius 2 is 1.75 bits per heavy atom. The molecule has 1 aliphatic carbocycles. The zero-order valence-electron chi connectivity index (χ0n) is 5.79. The molecule has 0 heterocycles. The van der Waals surface area contributed by atoms with Crippen LogP contribution in [0.3, 0.4) is 0 Å². The standard InChI is InChI=1S/C6H5F5O/c7-5(8)1-4(5,3-12)2-6(9,10)11/h3H,1-2H2. The maximum Gasteiger partial charge on any atom is 0.390 e. The molecule has 1 atom stereocenters. The summed E-state index contributed by atoms with van der Waals surface area (Å²) in [6.45, 7) is 0. The van der Waals surface area contributed by atoms with Crippen molar-refractivity contribution in [2.24, 2.45) is 5.41 Å². The van der Waals surface area contributed by atoms with Crippen LogP contribution in [-0.2, 0) is 4.79 Å². The number of hydrogen-bond donors (Lipinski definition) is 0. The topological polar surface area (TPSA) is 17.1 Å². The van der Waals surface area contributed by atoms with Crippen LogP contribution in [0.25, 0.3) is 0 Å². The Morgan fingerprint density at radius 3 is 1.83 bits per heavy atom. The van der Waals surface area contributed by atoms with Gasteiger partial charge < -0.3 is 4.79 Å². The largest absolute Gasteiger partial charge is 0.390 e. The van der Waals surface area contributed by atoms with Gasteiger partial charge in [0.15, 0.2) is 0 Å². The number of carbonyl (C=O) groups is 1. The van der Waals surface area contributed by atoms with Crippen LogP contribution in [0, 0.1) is 5.41 Å². The molecule has 1 rings (SSSR count). The number of carbonyl (C=O) groups excluding carboxylic acids is 1. The second-order valence-corrected chi connectivity index (χ2v) is 2.95. The fourth-order valence-electron chi connectivity index (χ4n) is 1.07. The van der Waals surface area contributed by atoms with E-state index in [9.17, 15) is 26.7 Å². The molecular weight excluding hydrogens is 183 g/mol. The third kappa shape index (κ3) is 1.42. The van der Waals surface area contributed by atoms with Crippen LogP contribution in [0.4, 0.5) is 22.0 Å². The fraction of sp³-hybridized carbons (Fsp3) is 0.833. The van der Waals surface area contributed by atoms with Crippen LogP contribution in [0.15, 0.2) is 0 Å². The van der Waals surface area contributed by atoms with E-state index in [1.807, 2.05) is 0 Å². The Labute approximate surface area is 64.5 Å². The molecule has 1 aliphatic rings. The summed E-state index contributed by atoms with van der Waals surface area (Å²) in [5.41, 5.74) is -2.47. The Hall–Kier alpha value is -0.680. The number of hydrogen-bond acceptors (Lipinski definition) is 1. The van der Waals surface area contributed by atoms with Crippen molar-refractivity contribution in [1.29, 1.82) is 0 Å². The normalized spacial score (nSPS) is 33.1. The monoisotopic (exact) mass is 188 g/mol. The minimum atomic E-state index is -4.71. The first kappa shape index (κ1) is 9.41. The van der Waals surface area contributed by atoms with E-state index in [-0.39, 0.29) is 6.29 Å². The number of halogens is 5. The molecule has 12 heavy (non-hydrogen) atoms. The zero-order valence-corrected chi connectivity index (χ0v) is 5.79. The van der Waals surface area contributed by atoms with Crippen molar-refractivity contribution < 1.29 is 26.7 Å². The smallest absolute Gasteiger partial charge is 0.303 e. The van der Waals surface area contributed by atoms with Gasteiger partial charge in [-0.05, 0) is 0 Å². The predicted molar refractivity (Wildman–Crippen MR) is 28.7 cm³/mol. The summed E-state index contributed by atoms with van der Waals surface area (Å²) in [6.07, 6.45) is -7.71. The van der Waals surface area contributed by atoms with Crippen molar-refractivity contribution in [3.05, 3.63) is 0 Å². The Bertz CT molecular complexity index is 208. The van der Waals surface area contributed by atoms with Gasteiger partial charge in [0.1, 0.15) is 11.7 Å². The molecule has 1 fully saturated rings. The van der Waals surface area contributed by atoms with E-state index in [1.165, 1.54) is 0 Å². The van der Waals surface area contributed by atoms with Crippen molar-refractivity contribution in [1.82, 2.24) is 0 Å². The van der Waals surface area contributed by atoms with Crippen LogP contribution in [0.1, 0.15) is 12.8 Å². The summed E-state index contributed by atoms with van der Waals surface area (Å²) in [6, 6.07) is 0. The maximum atomic E-state index is 12.3. The summed E-state index contributed by atoms with van der Waals surface area (Å²) in [5.74, 6) is -3.47. The molecule has 1 saturated carbocycles. The van der Waals surface area contributed by atoms with Gasteiger partial charge >= 0.3 is 6.18 Å². The van der Waals surface area contributed by atoms with Crippen LogP contribution in [0.5, 0.6) is 0 Å². The van der Waals surface area contributed by atoms with E-state index in [0.717, 1.165) is 0 Å². The van der Waals surface area contributed by atoms with E-state index in [1.54, 1.807) is 0 Å². The lowest BCUT2D eigenvalue weighted by Crippen LogP contribution is -2.22.